The average Bonchev–Trinajstić information content (AvgIpc) is 3.00. The molecule has 0 atom stereocenters. The first kappa shape index (κ1) is 19.1. The Morgan fingerprint density at radius 1 is 1.00 bits per heavy atom. The van der Waals surface area contributed by atoms with E-state index in [0.717, 1.165) is 0 Å². The Labute approximate surface area is 158 Å². The lowest BCUT2D eigenvalue weighted by Gasteiger charge is -2.22. The minimum atomic E-state index is -0.519. The number of nitrogens with zero attached hydrogens (tertiary/aromatic N) is 4. The van der Waals surface area contributed by atoms with Crippen molar-refractivity contribution in [2.24, 2.45) is 0 Å². The van der Waals surface area contributed by atoms with Crippen molar-refractivity contribution in [1.82, 2.24) is 19.6 Å². The number of carbonyl (C=O) groups excluding carboxylic acids is 2. The fourth-order valence-corrected chi connectivity index (χ4v) is 3.11. The van der Waals surface area contributed by atoms with E-state index in [1.54, 1.807) is 39.0 Å². The van der Waals surface area contributed by atoms with Gasteiger partial charge in [0.25, 0.3) is 11.8 Å². The Hall–Kier alpha value is -2.70. The fourth-order valence-electron chi connectivity index (χ4n) is 3.11. The molecule has 1 aliphatic heterocycles. The van der Waals surface area contributed by atoms with Gasteiger partial charge in [0.1, 0.15) is 5.82 Å². The van der Waals surface area contributed by atoms with Crippen molar-refractivity contribution in [3.05, 3.63) is 53.6 Å². The highest BCUT2D eigenvalue weighted by Gasteiger charge is 2.26. The molecule has 0 saturated carbocycles. The van der Waals surface area contributed by atoms with Crippen molar-refractivity contribution in [2.75, 3.05) is 26.2 Å². The van der Waals surface area contributed by atoms with E-state index in [2.05, 4.69) is 5.10 Å². The van der Waals surface area contributed by atoms with Crippen molar-refractivity contribution in [3.8, 4) is 0 Å². The number of amides is 2. The summed E-state index contributed by atoms with van der Waals surface area (Å²) in [6, 6.07) is 5.99. The van der Waals surface area contributed by atoms with Crippen molar-refractivity contribution in [1.29, 1.82) is 0 Å². The summed E-state index contributed by atoms with van der Waals surface area (Å²) in [5.74, 6) is -0.942. The van der Waals surface area contributed by atoms with E-state index in [0.29, 0.717) is 38.2 Å². The first-order chi connectivity index (χ1) is 12.8. The average molecular weight is 372 g/mol. The van der Waals surface area contributed by atoms with Crippen LogP contribution in [0.5, 0.6) is 0 Å². The highest BCUT2D eigenvalue weighted by Crippen LogP contribution is 2.16. The Morgan fingerprint density at radius 2 is 1.63 bits per heavy atom. The van der Waals surface area contributed by atoms with E-state index in [4.69, 9.17) is 0 Å². The molecule has 0 radical (unpaired) electrons. The molecule has 1 fully saturated rings. The zero-order valence-corrected chi connectivity index (χ0v) is 16.0. The zero-order valence-electron chi connectivity index (χ0n) is 16.0. The zero-order chi connectivity index (χ0) is 19.6. The molecule has 1 aromatic carbocycles. The Kier molecular flexibility index (Phi) is 5.30. The standard InChI is InChI=1S/C20H25FN4O2/c1-20(2,3)25-14-15(13-22-25)18(26)23-9-6-10-24(12-11-23)19(27)16-7-4-5-8-17(16)21/h4-5,7-8,13-14H,6,9-12H2,1-3H3. The molecule has 3 rings (SSSR count). The second-order valence-electron chi connectivity index (χ2n) is 7.76. The first-order valence-electron chi connectivity index (χ1n) is 9.15. The summed E-state index contributed by atoms with van der Waals surface area (Å²) >= 11 is 0. The van der Waals surface area contributed by atoms with Crippen LogP contribution in [-0.4, -0.2) is 57.6 Å². The quantitative estimate of drug-likeness (QED) is 0.815. The summed E-state index contributed by atoms with van der Waals surface area (Å²) in [5, 5.41) is 4.28. The molecule has 1 aromatic heterocycles. The molecular weight excluding hydrogens is 347 g/mol. The Bertz CT molecular complexity index is 841. The lowest BCUT2D eigenvalue weighted by molar-refractivity contribution is 0.0716. The maximum atomic E-state index is 13.9. The molecule has 0 N–H and O–H groups in total. The predicted molar refractivity (Wildman–Crippen MR) is 100 cm³/mol. The van der Waals surface area contributed by atoms with Gasteiger partial charge in [-0.15, -0.1) is 0 Å². The molecule has 144 valence electrons. The van der Waals surface area contributed by atoms with Gasteiger partial charge in [0.2, 0.25) is 0 Å². The fraction of sp³-hybridized carbons (Fsp3) is 0.450. The van der Waals surface area contributed by atoms with Gasteiger partial charge in [-0.05, 0) is 39.3 Å². The molecule has 2 amide bonds. The third-order valence-electron chi connectivity index (χ3n) is 4.69. The third-order valence-corrected chi connectivity index (χ3v) is 4.69. The molecule has 27 heavy (non-hydrogen) atoms. The Balaban J connectivity index is 1.68. The Morgan fingerprint density at radius 3 is 2.22 bits per heavy atom. The van der Waals surface area contributed by atoms with Crippen LogP contribution < -0.4 is 0 Å². The number of halogens is 1. The van der Waals surface area contributed by atoms with E-state index in [1.165, 1.54) is 12.1 Å². The molecule has 1 aliphatic rings. The number of aromatic nitrogens is 2. The van der Waals surface area contributed by atoms with E-state index in [1.807, 2.05) is 20.8 Å². The van der Waals surface area contributed by atoms with Gasteiger partial charge in [-0.3, -0.25) is 14.3 Å². The summed E-state index contributed by atoms with van der Waals surface area (Å²) in [7, 11) is 0. The third kappa shape index (κ3) is 4.18. The van der Waals surface area contributed by atoms with Crippen LogP contribution in [0.1, 0.15) is 47.9 Å². The molecule has 2 aromatic rings. The van der Waals surface area contributed by atoms with Crippen molar-refractivity contribution < 1.29 is 14.0 Å². The van der Waals surface area contributed by atoms with Gasteiger partial charge in [0.15, 0.2) is 0 Å². The summed E-state index contributed by atoms with van der Waals surface area (Å²) in [6.45, 7) is 7.91. The summed E-state index contributed by atoms with van der Waals surface area (Å²) in [4.78, 5) is 28.8. The summed E-state index contributed by atoms with van der Waals surface area (Å²) < 4.78 is 15.7. The molecule has 0 aliphatic carbocycles. The van der Waals surface area contributed by atoms with Gasteiger partial charge in [-0.2, -0.15) is 5.10 Å². The number of carbonyl (C=O) groups is 2. The summed E-state index contributed by atoms with van der Waals surface area (Å²) in [6.07, 6.45) is 4.00. The van der Waals surface area contributed by atoms with Crippen molar-refractivity contribution in [3.63, 3.8) is 0 Å². The maximum Gasteiger partial charge on any atom is 0.257 e. The normalized spacial score (nSPS) is 15.6. The monoisotopic (exact) mass is 372 g/mol. The SMILES string of the molecule is CC(C)(C)n1cc(C(=O)N2CCCN(C(=O)c3ccccc3F)CC2)cn1. The molecule has 6 nitrogen and oxygen atoms in total. The van der Waals surface area contributed by atoms with E-state index in [-0.39, 0.29) is 22.9 Å². The lowest BCUT2D eigenvalue weighted by Crippen LogP contribution is -2.37. The second kappa shape index (κ2) is 7.50. The van der Waals surface area contributed by atoms with Crippen LogP contribution in [0.4, 0.5) is 4.39 Å². The van der Waals surface area contributed by atoms with E-state index < -0.39 is 5.82 Å². The molecule has 0 bridgehead atoms. The highest BCUT2D eigenvalue weighted by atomic mass is 19.1. The number of benzene rings is 1. The van der Waals surface area contributed by atoms with Crippen LogP contribution in [0.25, 0.3) is 0 Å². The van der Waals surface area contributed by atoms with Crippen molar-refractivity contribution >= 4 is 11.8 Å². The molecule has 2 heterocycles. The molecule has 7 heteroatoms. The van der Waals surface area contributed by atoms with Gasteiger partial charge < -0.3 is 9.80 Å². The predicted octanol–water partition coefficient (Wildman–Crippen LogP) is 2.77. The first-order valence-corrected chi connectivity index (χ1v) is 9.15. The van der Waals surface area contributed by atoms with Crippen LogP contribution in [-0.2, 0) is 5.54 Å². The van der Waals surface area contributed by atoms with Crippen LogP contribution in [0.3, 0.4) is 0 Å². The van der Waals surface area contributed by atoms with Crippen LogP contribution >= 0.6 is 0 Å². The largest absolute Gasteiger partial charge is 0.337 e. The number of hydrogen-bond acceptors (Lipinski definition) is 3. The molecule has 1 saturated heterocycles. The number of hydrogen-bond donors (Lipinski definition) is 0. The van der Waals surface area contributed by atoms with Crippen LogP contribution in [0.2, 0.25) is 0 Å². The highest BCUT2D eigenvalue weighted by molar-refractivity contribution is 5.95. The van der Waals surface area contributed by atoms with Gasteiger partial charge in [-0.25, -0.2) is 4.39 Å². The minimum absolute atomic E-state index is 0.0729. The smallest absolute Gasteiger partial charge is 0.257 e. The minimum Gasteiger partial charge on any atom is -0.337 e. The second-order valence-corrected chi connectivity index (χ2v) is 7.76. The van der Waals surface area contributed by atoms with E-state index >= 15 is 0 Å². The number of rotatable bonds is 2. The molecular formula is C20H25FN4O2. The topological polar surface area (TPSA) is 58.4 Å². The molecule has 0 unspecified atom stereocenters. The van der Waals surface area contributed by atoms with Gasteiger partial charge in [-0.1, -0.05) is 12.1 Å². The maximum absolute atomic E-state index is 13.9. The van der Waals surface area contributed by atoms with E-state index in [9.17, 15) is 14.0 Å². The van der Waals surface area contributed by atoms with Gasteiger partial charge in [0, 0.05) is 32.4 Å². The lowest BCUT2D eigenvalue weighted by atomic mass is 10.1. The molecule has 0 spiro atoms. The van der Waals surface area contributed by atoms with Crippen molar-refractivity contribution in [2.45, 2.75) is 32.7 Å². The van der Waals surface area contributed by atoms with Crippen LogP contribution in [0.15, 0.2) is 36.7 Å². The summed E-state index contributed by atoms with van der Waals surface area (Å²) in [5.41, 5.74) is 0.419. The van der Waals surface area contributed by atoms with Crippen LogP contribution in [0, 0.1) is 5.82 Å². The van der Waals surface area contributed by atoms with Gasteiger partial charge in [0.05, 0.1) is 22.9 Å². The van der Waals surface area contributed by atoms with Gasteiger partial charge >= 0.3 is 0 Å².